The highest BCUT2D eigenvalue weighted by atomic mass is 32.2. The molecule has 9 heteroatoms. The van der Waals surface area contributed by atoms with E-state index in [0.29, 0.717) is 24.5 Å². The third-order valence-electron chi connectivity index (χ3n) is 5.09. The van der Waals surface area contributed by atoms with E-state index in [4.69, 9.17) is 4.42 Å². The molecule has 30 heavy (non-hydrogen) atoms. The van der Waals surface area contributed by atoms with Gasteiger partial charge in [0, 0.05) is 31.6 Å². The van der Waals surface area contributed by atoms with Gasteiger partial charge < -0.3 is 9.32 Å². The Morgan fingerprint density at radius 3 is 2.40 bits per heavy atom. The fourth-order valence-corrected chi connectivity index (χ4v) is 5.56. The van der Waals surface area contributed by atoms with E-state index >= 15 is 0 Å². The molecule has 0 aliphatic carbocycles. The summed E-state index contributed by atoms with van der Waals surface area (Å²) in [4.78, 5) is 19.2. The van der Waals surface area contributed by atoms with Crippen LogP contribution in [0.2, 0.25) is 0 Å². The molecular formula is C21H23N3O4S2. The number of aromatic nitrogens is 1. The van der Waals surface area contributed by atoms with Gasteiger partial charge in [-0.2, -0.15) is 4.31 Å². The SMILES string of the molecule is Cc1ccc(S(=O)(=O)N2CCN(C(=O)Cc3csc(-c4ccc(C)o4)n3)CC2)cc1. The molecule has 3 heterocycles. The van der Waals surface area contributed by atoms with Crippen LogP contribution in [0, 0.1) is 13.8 Å². The van der Waals surface area contributed by atoms with Crippen molar-refractivity contribution in [2.75, 3.05) is 26.2 Å². The lowest BCUT2D eigenvalue weighted by atomic mass is 10.2. The van der Waals surface area contributed by atoms with Crippen LogP contribution in [0.15, 0.2) is 51.1 Å². The van der Waals surface area contributed by atoms with Crippen LogP contribution < -0.4 is 0 Å². The van der Waals surface area contributed by atoms with Crippen LogP contribution in [0.25, 0.3) is 10.8 Å². The first-order valence-corrected chi connectivity index (χ1v) is 12.0. The lowest BCUT2D eigenvalue weighted by molar-refractivity contribution is -0.131. The predicted molar refractivity (Wildman–Crippen MR) is 115 cm³/mol. The molecule has 0 atom stereocenters. The lowest BCUT2D eigenvalue weighted by Crippen LogP contribution is -2.50. The second kappa shape index (κ2) is 8.33. The van der Waals surface area contributed by atoms with Gasteiger partial charge in [0.2, 0.25) is 15.9 Å². The van der Waals surface area contributed by atoms with Crippen LogP contribution in [-0.2, 0) is 21.2 Å². The number of aryl methyl sites for hydroxylation is 2. The van der Waals surface area contributed by atoms with Crippen molar-refractivity contribution in [1.29, 1.82) is 0 Å². The number of rotatable bonds is 5. The van der Waals surface area contributed by atoms with Gasteiger partial charge in [-0.05, 0) is 38.1 Å². The van der Waals surface area contributed by atoms with E-state index in [1.54, 1.807) is 29.2 Å². The molecule has 1 aromatic carbocycles. The Hall–Kier alpha value is -2.49. The van der Waals surface area contributed by atoms with Crippen LogP contribution in [0.3, 0.4) is 0 Å². The summed E-state index contributed by atoms with van der Waals surface area (Å²) in [6.45, 7) is 5.12. The molecule has 0 saturated carbocycles. The van der Waals surface area contributed by atoms with Crippen molar-refractivity contribution in [2.24, 2.45) is 0 Å². The summed E-state index contributed by atoms with van der Waals surface area (Å²) >= 11 is 1.44. The summed E-state index contributed by atoms with van der Waals surface area (Å²) in [6, 6.07) is 10.6. The molecule has 0 unspecified atom stereocenters. The first kappa shape index (κ1) is 20.8. The highest BCUT2D eigenvalue weighted by molar-refractivity contribution is 7.89. The zero-order valence-corrected chi connectivity index (χ0v) is 18.5. The van der Waals surface area contributed by atoms with Crippen molar-refractivity contribution < 1.29 is 17.6 Å². The fraction of sp³-hybridized carbons (Fsp3) is 0.333. The van der Waals surface area contributed by atoms with E-state index in [1.165, 1.54) is 15.6 Å². The number of hydrogen-bond donors (Lipinski definition) is 0. The van der Waals surface area contributed by atoms with Crippen molar-refractivity contribution in [1.82, 2.24) is 14.2 Å². The minimum atomic E-state index is -3.54. The maximum Gasteiger partial charge on any atom is 0.243 e. The third-order valence-corrected chi connectivity index (χ3v) is 7.90. The van der Waals surface area contributed by atoms with Gasteiger partial charge in [-0.1, -0.05) is 17.7 Å². The van der Waals surface area contributed by atoms with Gasteiger partial charge in [0.15, 0.2) is 10.8 Å². The number of carbonyl (C=O) groups excluding carboxylic acids is 1. The number of furan rings is 1. The van der Waals surface area contributed by atoms with E-state index in [1.807, 2.05) is 31.4 Å². The molecule has 158 valence electrons. The quantitative estimate of drug-likeness (QED) is 0.603. The minimum Gasteiger partial charge on any atom is -0.459 e. The monoisotopic (exact) mass is 445 g/mol. The van der Waals surface area contributed by atoms with Crippen LogP contribution in [0.1, 0.15) is 17.0 Å². The standard InChI is InChI=1S/C21H23N3O4S2/c1-15-3-6-18(7-4-15)30(26,27)24-11-9-23(10-12-24)20(25)13-17-14-29-21(22-17)19-8-5-16(2)28-19/h3-8,14H,9-13H2,1-2H3. The highest BCUT2D eigenvalue weighted by Crippen LogP contribution is 2.26. The molecule has 0 bridgehead atoms. The zero-order valence-electron chi connectivity index (χ0n) is 16.9. The molecule has 0 radical (unpaired) electrons. The molecule has 1 saturated heterocycles. The lowest BCUT2D eigenvalue weighted by Gasteiger charge is -2.34. The second-order valence-electron chi connectivity index (χ2n) is 7.33. The van der Waals surface area contributed by atoms with Gasteiger partial charge in [0.25, 0.3) is 0 Å². The molecule has 1 fully saturated rings. The first-order valence-electron chi connectivity index (χ1n) is 9.69. The van der Waals surface area contributed by atoms with Crippen molar-refractivity contribution in [3.8, 4) is 10.8 Å². The summed E-state index contributed by atoms with van der Waals surface area (Å²) in [5.41, 5.74) is 1.71. The number of hydrogen-bond acceptors (Lipinski definition) is 6. The number of sulfonamides is 1. The van der Waals surface area contributed by atoms with E-state index in [-0.39, 0.29) is 30.3 Å². The summed E-state index contributed by atoms with van der Waals surface area (Å²) in [7, 11) is -3.54. The minimum absolute atomic E-state index is 0.0464. The average molecular weight is 446 g/mol. The van der Waals surface area contributed by atoms with E-state index in [2.05, 4.69) is 4.98 Å². The summed E-state index contributed by atoms with van der Waals surface area (Å²) in [5.74, 6) is 1.47. The maximum atomic E-state index is 12.8. The molecule has 2 aromatic heterocycles. The average Bonchev–Trinajstić information content (AvgIpc) is 3.37. The molecule has 7 nitrogen and oxygen atoms in total. The highest BCUT2D eigenvalue weighted by Gasteiger charge is 2.30. The van der Waals surface area contributed by atoms with Gasteiger partial charge in [-0.15, -0.1) is 11.3 Å². The van der Waals surface area contributed by atoms with E-state index < -0.39 is 10.0 Å². The Morgan fingerprint density at radius 1 is 1.07 bits per heavy atom. The Balaban J connectivity index is 1.35. The largest absolute Gasteiger partial charge is 0.459 e. The number of benzene rings is 1. The summed E-state index contributed by atoms with van der Waals surface area (Å²) in [5, 5.41) is 2.61. The topological polar surface area (TPSA) is 83.7 Å². The molecule has 4 rings (SSSR count). The number of thiazole rings is 1. The van der Waals surface area contributed by atoms with Crippen LogP contribution >= 0.6 is 11.3 Å². The Labute approximate surface area is 180 Å². The molecule has 3 aromatic rings. The number of amides is 1. The maximum absolute atomic E-state index is 12.8. The Morgan fingerprint density at radius 2 is 1.77 bits per heavy atom. The van der Waals surface area contributed by atoms with Crippen molar-refractivity contribution >= 4 is 27.3 Å². The smallest absolute Gasteiger partial charge is 0.243 e. The summed E-state index contributed by atoms with van der Waals surface area (Å²) < 4.78 is 32.6. The van der Waals surface area contributed by atoms with Gasteiger partial charge in [0.05, 0.1) is 17.0 Å². The van der Waals surface area contributed by atoms with Gasteiger partial charge in [-0.25, -0.2) is 13.4 Å². The Kier molecular flexibility index (Phi) is 5.77. The molecule has 0 N–H and O–H groups in total. The number of carbonyl (C=O) groups is 1. The zero-order chi connectivity index (χ0) is 21.3. The molecule has 1 aliphatic heterocycles. The van der Waals surface area contributed by atoms with Crippen molar-refractivity contribution in [2.45, 2.75) is 25.2 Å². The molecular weight excluding hydrogens is 422 g/mol. The normalized spacial score (nSPS) is 15.5. The molecule has 0 spiro atoms. The van der Waals surface area contributed by atoms with Gasteiger partial charge in [0.1, 0.15) is 5.76 Å². The first-order chi connectivity index (χ1) is 14.3. The van der Waals surface area contributed by atoms with E-state index in [0.717, 1.165) is 16.3 Å². The number of nitrogens with zero attached hydrogens (tertiary/aromatic N) is 3. The molecule has 1 aliphatic rings. The van der Waals surface area contributed by atoms with Crippen LogP contribution in [-0.4, -0.2) is 54.7 Å². The summed E-state index contributed by atoms with van der Waals surface area (Å²) in [6.07, 6.45) is 0.195. The molecule has 1 amide bonds. The Bertz CT molecular complexity index is 1140. The number of piperazine rings is 1. The predicted octanol–water partition coefficient (Wildman–Crippen LogP) is 3.10. The van der Waals surface area contributed by atoms with E-state index in [9.17, 15) is 13.2 Å². The van der Waals surface area contributed by atoms with Crippen LogP contribution in [0.5, 0.6) is 0 Å². The van der Waals surface area contributed by atoms with Gasteiger partial charge in [-0.3, -0.25) is 4.79 Å². The van der Waals surface area contributed by atoms with Crippen molar-refractivity contribution in [3.05, 3.63) is 58.8 Å². The van der Waals surface area contributed by atoms with Crippen LogP contribution in [0.4, 0.5) is 0 Å². The third kappa shape index (κ3) is 4.33. The second-order valence-corrected chi connectivity index (χ2v) is 10.1. The fourth-order valence-electron chi connectivity index (χ4n) is 3.35. The van der Waals surface area contributed by atoms with Crippen molar-refractivity contribution in [3.63, 3.8) is 0 Å². The van der Waals surface area contributed by atoms with Gasteiger partial charge >= 0.3 is 0 Å².